The summed E-state index contributed by atoms with van der Waals surface area (Å²) in [5, 5.41) is 6.43. The molecule has 0 rings (SSSR count). The van der Waals surface area contributed by atoms with Crippen molar-refractivity contribution in [3.8, 4) is 0 Å². The molecular weight excluding hydrogens is 169 g/mol. The smallest absolute Gasteiger partial charge is 0.279 e. The van der Waals surface area contributed by atoms with Crippen LogP contribution in [0.2, 0.25) is 0 Å². The van der Waals surface area contributed by atoms with Crippen LogP contribution in [0.3, 0.4) is 0 Å². The van der Waals surface area contributed by atoms with Crippen LogP contribution in [-0.4, -0.2) is 18.2 Å². The van der Waals surface area contributed by atoms with Gasteiger partial charge in [0.1, 0.15) is 0 Å². The maximum absolute atomic E-state index is 11.6. The zero-order valence-corrected chi connectivity index (χ0v) is 6.74. The minimum atomic E-state index is -4.65. The predicted molar refractivity (Wildman–Crippen MR) is 41.7 cm³/mol. The lowest BCUT2D eigenvalue weighted by molar-refractivity contribution is -0.0604. The van der Waals surface area contributed by atoms with Crippen molar-refractivity contribution in [3.63, 3.8) is 0 Å². The zero-order valence-electron chi connectivity index (χ0n) is 6.74. The van der Waals surface area contributed by atoms with Crippen LogP contribution in [0.25, 0.3) is 0 Å². The number of nitrogens with zero attached hydrogens (tertiary/aromatic N) is 1. The molecule has 12 heavy (non-hydrogen) atoms. The molecule has 0 aromatic rings. The van der Waals surface area contributed by atoms with Crippen molar-refractivity contribution in [2.45, 2.75) is 20.0 Å². The maximum atomic E-state index is 11.6. The third-order valence-electron chi connectivity index (χ3n) is 0.880. The van der Waals surface area contributed by atoms with Crippen molar-refractivity contribution < 1.29 is 13.2 Å². The minimum absolute atomic E-state index is 0.828. The summed E-state index contributed by atoms with van der Waals surface area (Å²) in [4.78, 5) is 2.89. The lowest BCUT2D eigenvalue weighted by Gasteiger charge is -2.00. The van der Waals surface area contributed by atoms with Crippen molar-refractivity contribution in [1.82, 2.24) is 0 Å². The van der Waals surface area contributed by atoms with Gasteiger partial charge in [0.15, 0.2) is 0 Å². The molecule has 0 heterocycles. The lowest BCUT2D eigenvalue weighted by Crippen LogP contribution is -2.19. The molecule has 5 heteroatoms. The lowest BCUT2D eigenvalue weighted by atomic mass is 10.3. The molecule has 0 aliphatic rings. The molecule has 0 aliphatic heterocycles. The Kier molecular flexibility index (Phi) is 3.66. The van der Waals surface area contributed by atoms with E-state index in [9.17, 15) is 13.2 Å². The first-order valence-corrected chi connectivity index (χ1v) is 3.17. The van der Waals surface area contributed by atoms with E-state index in [4.69, 9.17) is 5.41 Å². The number of rotatable bonds is 1. The van der Waals surface area contributed by atoms with Gasteiger partial charge in [-0.15, -0.1) is 0 Å². The van der Waals surface area contributed by atoms with E-state index in [-0.39, 0.29) is 0 Å². The maximum Gasteiger partial charge on any atom is 0.450 e. The summed E-state index contributed by atoms with van der Waals surface area (Å²) in [5.41, 5.74) is 0.828. The van der Waals surface area contributed by atoms with E-state index in [2.05, 4.69) is 4.99 Å². The van der Waals surface area contributed by atoms with E-state index in [1.807, 2.05) is 0 Å². The van der Waals surface area contributed by atoms with Gasteiger partial charge in [-0.05, 0) is 19.9 Å². The largest absolute Gasteiger partial charge is 0.450 e. The first-order chi connectivity index (χ1) is 5.34. The first-order valence-electron chi connectivity index (χ1n) is 3.17. The van der Waals surface area contributed by atoms with E-state index in [1.165, 1.54) is 6.08 Å². The number of aliphatic imine (C=N–C) groups is 1. The highest BCUT2D eigenvalue weighted by molar-refractivity contribution is 5.93. The van der Waals surface area contributed by atoms with Gasteiger partial charge in [-0.25, -0.2) is 4.99 Å². The summed E-state index contributed by atoms with van der Waals surface area (Å²) >= 11 is 0. The van der Waals surface area contributed by atoms with Crippen LogP contribution < -0.4 is 0 Å². The van der Waals surface area contributed by atoms with Gasteiger partial charge >= 0.3 is 6.18 Å². The van der Waals surface area contributed by atoms with Gasteiger partial charge in [0, 0.05) is 6.21 Å². The number of hydrogen-bond donors (Lipinski definition) is 1. The molecule has 0 saturated heterocycles. The summed E-state index contributed by atoms with van der Waals surface area (Å²) in [6, 6.07) is 0. The van der Waals surface area contributed by atoms with Crippen LogP contribution >= 0.6 is 0 Å². The fourth-order valence-corrected chi connectivity index (χ4v) is 0.334. The van der Waals surface area contributed by atoms with Gasteiger partial charge in [0.2, 0.25) is 5.84 Å². The molecule has 0 spiro atoms. The standard InChI is InChI=1S/C7H9F3N2/c1-5(2)3-4-12-6(11)7(8,9)10/h3-4,11H,1-2H3/b11-6?,12-4-. The van der Waals surface area contributed by atoms with Crippen molar-refractivity contribution in [2.75, 3.05) is 0 Å². The highest BCUT2D eigenvalue weighted by atomic mass is 19.4. The molecule has 0 aromatic heterocycles. The van der Waals surface area contributed by atoms with E-state index in [0.717, 1.165) is 11.8 Å². The number of halogens is 3. The van der Waals surface area contributed by atoms with Crippen LogP contribution in [0.1, 0.15) is 13.8 Å². The molecule has 0 fully saturated rings. The fourth-order valence-electron chi connectivity index (χ4n) is 0.334. The Balaban J connectivity index is 4.20. The number of nitrogens with one attached hydrogen (secondary N) is 1. The molecule has 0 aromatic carbocycles. The van der Waals surface area contributed by atoms with Gasteiger partial charge in [-0.3, -0.25) is 5.41 Å². The van der Waals surface area contributed by atoms with Crippen LogP contribution in [0.5, 0.6) is 0 Å². The monoisotopic (exact) mass is 178 g/mol. The average molecular weight is 178 g/mol. The number of allylic oxidation sites excluding steroid dienone is 2. The summed E-state index contributed by atoms with van der Waals surface area (Å²) in [6.45, 7) is 3.45. The molecular formula is C7H9F3N2. The van der Waals surface area contributed by atoms with Crippen LogP contribution in [0.4, 0.5) is 13.2 Å². The molecule has 0 saturated carbocycles. The minimum Gasteiger partial charge on any atom is -0.279 e. The Hall–Kier alpha value is -1.13. The molecule has 0 unspecified atom stereocenters. The van der Waals surface area contributed by atoms with Crippen molar-refractivity contribution in [3.05, 3.63) is 11.6 Å². The second-order valence-corrected chi connectivity index (χ2v) is 2.37. The Morgan fingerprint density at radius 1 is 1.33 bits per heavy atom. The molecule has 0 bridgehead atoms. The molecule has 1 N–H and O–H groups in total. The Bertz CT molecular complexity index is 221. The highest BCUT2D eigenvalue weighted by Gasteiger charge is 2.33. The average Bonchev–Trinajstić information content (AvgIpc) is 1.84. The van der Waals surface area contributed by atoms with Crippen molar-refractivity contribution >= 4 is 12.1 Å². The number of hydrogen-bond acceptors (Lipinski definition) is 1. The van der Waals surface area contributed by atoms with E-state index >= 15 is 0 Å². The second-order valence-electron chi connectivity index (χ2n) is 2.37. The summed E-state index contributed by atoms with van der Waals surface area (Å²) < 4.78 is 34.8. The highest BCUT2D eigenvalue weighted by Crippen LogP contribution is 2.16. The van der Waals surface area contributed by atoms with Crippen LogP contribution in [-0.2, 0) is 0 Å². The Morgan fingerprint density at radius 3 is 2.17 bits per heavy atom. The summed E-state index contributed by atoms with van der Waals surface area (Å²) in [5.74, 6) is -1.58. The zero-order chi connectivity index (χ0) is 9.78. The molecule has 2 nitrogen and oxygen atoms in total. The normalized spacial score (nSPS) is 11.8. The first kappa shape index (κ1) is 10.9. The van der Waals surface area contributed by atoms with Crippen molar-refractivity contribution in [1.29, 1.82) is 5.41 Å². The van der Waals surface area contributed by atoms with Crippen LogP contribution in [0.15, 0.2) is 16.6 Å². The molecule has 0 atom stereocenters. The molecule has 68 valence electrons. The van der Waals surface area contributed by atoms with Gasteiger partial charge in [0.25, 0.3) is 0 Å². The van der Waals surface area contributed by atoms with Gasteiger partial charge in [0.05, 0.1) is 0 Å². The summed E-state index contributed by atoms with van der Waals surface area (Å²) in [6.07, 6.45) is -2.28. The SMILES string of the molecule is CC(C)=C/C=N\C(=N)C(F)(F)F. The van der Waals surface area contributed by atoms with E-state index in [0.29, 0.717) is 0 Å². The number of alkyl halides is 3. The quantitative estimate of drug-likeness (QED) is 0.473. The molecule has 0 amide bonds. The third-order valence-corrected chi connectivity index (χ3v) is 0.880. The Labute approximate surface area is 68.3 Å². The molecule has 0 aliphatic carbocycles. The number of amidine groups is 1. The van der Waals surface area contributed by atoms with E-state index < -0.39 is 12.0 Å². The second kappa shape index (κ2) is 4.04. The van der Waals surface area contributed by atoms with Gasteiger partial charge < -0.3 is 0 Å². The summed E-state index contributed by atoms with van der Waals surface area (Å²) in [7, 11) is 0. The molecule has 0 radical (unpaired) electrons. The third kappa shape index (κ3) is 4.65. The Morgan fingerprint density at radius 2 is 1.83 bits per heavy atom. The topological polar surface area (TPSA) is 36.2 Å². The van der Waals surface area contributed by atoms with Gasteiger partial charge in [-0.2, -0.15) is 13.2 Å². The van der Waals surface area contributed by atoms with Crippen molar-refractivity contribution in [2.24, 2.45) is 4.99 Å². The van der Waals surface area contributed by atoms with E-state index in [1.54, 1.807) is 13.8 Å². The fraction of sp³-hybridized carbons (Fsp3) is 0.429. The predicted octanol–water partition coefficient (Wildman–Crippen LogP) is 2.56. The van der Waals surface area contributed by atoms with Crippen LogP contribution in [0, 0.1) is 5.41 Å². The van der Waals surface area contributed by atoms with Gasteiger partial charge in [-0.1, -0.05) is 5.57 Å².